The molecule has 1 aromatic rings. The number of aliphatic hydroxyl groups is 1. The average Bonchev–Trinajstić information content (AvgIpc) is 2.57. The number of rotatable bonds is 10. The highest BCUT2D eigenvalue weighted by molar-refractivity contribution is 5.68. The topological polar surface area (TPSA) is 75.6 Å². The highest BCUT2D eigenvalue weighted by Crippen LogP contribution is 2.18. The van der Waals surface area contributed by atoms with Crippen molar-refractivity contribution in [1.29, 1.82) is 0 Å². The van der Waals surface area contributed by atoms with Gasteiger partial charge in [-0.2, -0.15) is 0 Å². The molecule has 2 N–H and O–H groups in total. The maximum atomic E-state index is 12.2. The fourth-order valence-corrected chi connectivity index (χ4v) is 2.74. The molecule has 0 bridgehead atoms. The smallest absolute Gasteiger partial charge is 0.407 e. The summed E-state index contributed by atoms with van der Waals surface area (Å²) in [7, 11) is 0. The molecule has 0 aliphatic heterocycles. The Morgan fingerprint density at radius 1 is 1.27 bits per heavy atom. The lowest BCUT2D eigenvalue weighted by atomic mass is 9.91. The standard InChI is InChI=1S/C21H32NO4/c1-5-6-10-17(15-23)14-19(24)18(13-16-11-8-7-9-12-16)22-20(25)26-21(2,3)4/h7-9,11-12,17-19,24H,5-6,10,13-14H2,1-4H3,(H,22,25). The molecule has 145 valence electrons. The first-order valence-electron chi connectivity index (χ1n) is 9.34. The van der Waals surface area contributed by atoms with Crippen molar-refractivity contribution in [3.8, 4) is 0 Å². The summed E-state index contributed by atoms with van der Waals surface area (Å²) in [6.07, 6.45) is 3.92. The molecular formula is C21H32NO4. The SMILES string of the molecule is CCCCC([C]=O)CC(O)C(Cc1ccccc1)NC(=O)OC(C)(C)C. The molecule has 5 heteroatoms. The van der Waals surface area contributed by atoms with Gasteiger partial charge in [-0.15, -0.1) is 0 Å². The molecule has 3 atom stereocenters. The number of nitrogens with one attached hydrogen (secondary N) is 1. The van der Waals surface area contributed by atoms with Crippen molar-refractivity contribution in [3.05, 3.63) is 35.9 Å². The zero-order valence-corrected chi connectivity index (χ0v) is 16.3. The van der Waals surface area contributed by atoms with Crippen LogP contribution in [0.4, 0.5) is 4.79 Å². The van der Waals surface area contributed by atoms with Gasteiger partial charge in [0.1, 0.15) is 5.60 Å². The van der Waals surface area contributed by atoms with Crippen molar-refractivity contribution in [1.82, 2.24) is 5.32 Å². The molecule has 1 aromatic carbocycles. The fourth-order valence-electron chi connectivity index (χ4n) is 2.74. The Kier molecular flexibility index (Phi) is 9.35. The monoisotopic (exact) mass is 362 g/mol. The van der Waals surface area contributed by atoms with Crippen LogP contribution in [0.25, 0.3) is 0 Å². The largest absolute Gasteiger partial charge is 0.444 e. The second kappa shape index (κ2) is 11.0. The zero-order chi connectivity index (χ0) is 19.6. The molecule has 0 heterocycles. The molecule has 0 aliphatic rings. The van der Waals surface area contributed by atoms with Crippen LogP contribution in [0.5, 0.6) is 0 Å². The second-order valence-corrected chi connectivity index (χ2v) is 7.70. The summed E-state index contributed by atoms with van der Waals surface area (Å²) < 4.78 is 5.31. The van der Waals surface area contributed by atoms with Crippen LogP contribution in [0.15, 0.2) is 30.3 Å². The molecule has 1 rings (SSSR count). The molecule has 5 nitrogen and oxygen atoms in total. The van der Waals surface area contributed by atoms with Gasteiger partial charge in [-0.1, -0.05) is 50.1 Å². The van der Waals surface area contributed by atoms with Gasteiger partial charge in [-0.3, -0.25) is 4.79 Å². The average molecular weight is 362 g/mol. The lowest BCUT2D eigenvalue weighted by Crippen LogP contribution is -2.47. The van der Waals surface area contributed by atoms with E-state index in [1.807, 2.05) is 36.6 Å². The Balaban J connectivity index is 2.81. The summed E-state index contributed by atoms with van der Waals surface area (Å²) in [5, 5.41) is 13.4. The van der Waals surface area contributed by atoms with Gasteiger partial charge in [0.2, 0.25) is 6.29 Å². The molecule has 0 aromatic heterocycles. The van der Waals surface area contributed by atoms with Gasteiger partial charge in [0.05, 0.1) is 12.1 Å². The number of benzene rings is 1. The molecule has 0 fully saturated rings. The minimum Gasteiger partial charge on any atom is -0.444 e. The van der Waals surface area contributed by atoms with E-state index < -0.39 is 23.8 Å². The number of alkyl carbamates (subject to hydrolysis) is 1. The van der Waals surface area contributed by atoms with Gasteiger partial charge in [-0.05, 0) is 45.6 Å². The highest BCUT2D eigenvalue weighted by Gasteiger charge is 2.27. The van der Waals surface area contributed by atoms with E-state index in [1.165, 1.54) is 0 Å². The molecule has 3 unspecified atom stereocenters. The summed E-state index contributed by atoms with van der Waals surface area (Å²) >= 11 is 0. The van der Waals surface area contributed by atoms with E-state index in [1.54, 1.807) is 20.8 Å². The third-order valence-electron chi connectivity index (χ3n) is 4.06. The molecule has 1 amide bonds. The predicted molar refractivity (Wildman–Crippen MR) is 103 cm³/mol. The fraction of sp³-hybridized carbons (Fsp3) is 0.619. The zero-order valence-electron chi connectivity index (χ0n) is 16.3. The van der Waals surface area contributed by atoms with Crippen molar-refractivity contribution in [2.75, 3.05) is 0 Å². The number of unbranched alkanes of at least 4 members (excludes halogenated alkanes) is 1. The molecule has 0 saturated heterocycles. The molecule has 0 saturated carbocycles. The van der Waals surface area contributed by atoms with Gasteiger partial charge < -0.3 is 15.2 Å². The Bertz CT molecular complexity index is 539. The van der Waals surface area contributed by atoms with Crippen LogP contribution in [0.1, 0.15) is 58.9 Å². The molecule has 0 spiro atoms. The lowest BCUT2D eigenvalue weighted by Gasteiger charge is -2.28. The van der Waals surface area contributed by atoms with Crippen molar-refractivity contribution < 1.29 is 19.4 Å². The first-order valence-corrected chi connectivity index (χ1v) is 9.34. The number of carbonyl (C=O) groups excluding carboxylic acids is 2. The third-order valence-corrected chi connectivity index (χ3v) is 4.06. The van der Waals surface area contributed by atoms with E-state index in [4.69, 9.17) is 4.74 Å². The van der Waals surface area contributed by atoms with Gasteiger partial charge in [0, 0.05) is 5.92 Å². The summed E-state index contributed by atoms with van der Waals surface area (Å²) in [5.41, 5.74) is 0.375. The maximum absolute atomic E-state index is 12.2. The molecule has 1 radical (unpaired) electrons. The molecule has 0 aliphatic carbocycles. The number of ether oxygens (including phenoxy) is 1. The van der Waals surface area contributed by atoms with Crippen LogP contribution in [0.2, 0.25) is 0 Å². The second-order valence-electron chi connectivity index (χ2n) is 7.70. The van der Waals surface area contributed by atoms with Crippen molar-refractivity contribution in [3.63, 3.8) is 0 Å². The third kappa shape index (κ3) is 8.99. The van der Waals surface area contributed by atoms with Crippen LogP contribution >= 0.6 is 0 Å². The van der Waals surface area contributed by atoms with Crippen LogP contribution < -0.4 is 5.32 Å². The van der Waals surface area contributed by atoms with Crippen LogP contribution in [0.3, 0.4) is 0 Å². The minimum atomic E-state index is -0.856. The number of hydrogen-bond acceptors (Lipinski definition) is 4. The minimum absolute atomic E-state index is 0.275. The van der Waals surface area contributed by atoms with Gasteiger partial charge in [0.15, 0.2) is 0 Å². The quantitative estimate of drug-likeness (QED) is 0.664. The lowest BCUT2D eigenvalue weighted by molar-refractivity contribution is 0.0402. The predicted octanol–water partition coefficient (Wildman–Crippen LogP) is 3.79. The van der Waals surface area contributed by atoms with Gasteiger partial charge in [-0.25, -0.2) is 4.79 Å². The van der Waals surface area contributed by atoms with Crippen LogP contribution in [-0.4, -0.2) is 35.2 Å². The first-order chi connectivity index (χ1) is 12.2. The Morgan fingerprint density at radius 2 is 1.92 bits per heavy atom. The highest BCUT2D eigenvalue weighted by atomic mass is 16.6. The van der Waals surface area contributed by atoms with Gasteiger partial charge in [0.25, 0.3) is 0 Å². The van der Waals surface area contributed by atoms with Crippen LogP contribution in [-0.2, 0) is 16.0 Å². The summed E-state index contributed by atoms with van der Waals surface area (Å²) in [5.74, 6) is -0.330. The number of hydrogen-bond donors (Lipinski definition) is 2. The summed E-state index contributed by atoms with van der Waals surface area (Å²) in [4.78, 5) is 23.4. The first kappa shape index (κ1) is 22.2. The van der Waals surface area contributed by atoms with E-state index in [0.29, 0.717) is 12.8 Å². The van der Waals surface area contributed by atoms with E-state index >= 15 is 0 Å². The van der Waals surface area contributed by atoms with Crippen molar-refractivity contribution in [2.45, 2.75) is 77.5 Å². The summed E-state index contributed by atoms with van der Waals surface area (Å²) in [6, 6.07) is 9.08. The van der Waals surface area contributed by atoms with E-state index in [-0.39, 0.29) is 12.3 Å². The number of amides is 1. The van der Waals surface area contributed by atoms with E-state index in [9.17, 15) is 14.7 Å². The van der Waals surface area contributed by atoms with Crippen molar-refractivity contribution >= 4 is 12.4 Å². The Hall–Kier alpha value is -1.88. The number of carbonyl (C=O) groups is 1. The maximum Gasteiger partial charge on any atom is 0.407 e. The molecular weight excluding hydrogens is 330 g/mol. The molecule has 26 heavy (non-hydrogen) atoms. The Morgan fingerprint density at radius 3 is 2.46 bits per heavy atom. The Labute approximate surface area is 157 Å². The van der Waals surface area contributed by atoms with Gasteiger partial charge >= 0.3 is 6.09 Å². The van der Waals surface area contributed by atoms with Crippen molar-refractivity contribution in [2.24, 2.45) is 5.92 Å². The van der Waals surface area contributed by atoms with E-state index in [0.717, 1.165) is 18.4 Å². The van der Waals surface area contributed by atoms with Crippen LogP contribution in [0, 0.1) is 5.92 Å². The summed E-state index contributed by atoms with van der Waals surface area (Å²) in [6.45, 7) is 7.42. The normalized spacial score (nSPS) is 15.0. The van der Waals surface area contributed by atoms with E-state index in [2.05, 4.69) is 12.2 Å². The number of aliphatic hydroxyl groups excluding tert-OH is 1.